The van der Waals surface area contributed by atoms with Gasteiger partial charge in [0, 0.05) is 5.69 Å². The smallest absolute Gasteiger partial charge is 0.322 e. The van der Waals surface area contributed by atoms with Crippen molar-refractivity contribution in [3.8, 4) is 11.8 Å². The Hall–Kier alpha value is -2.43. The van der Waals surface area contributed by atoms with Gasteiger partial charge in [0.1, 0.15) is 17.3 Å². The van der Waals surface area contributed by atoms with E-state index in [0.717, 1.165) is 0 Å². The van der Waals surface area contributed by atoms with Crippen LogP contribution in [0.3, 0.4) is 0 Å². The third-order valence-corrected chi connectivity index (χ3v) is 3.04. The van der Waals surface area contributed by atoms with E-state index in [-0.39, 0.29) is 17.3 Å². The van der Waals surface area contributed by atoms with Gasteiger partial charge in [0.25, 0.3) is 0 Å². The summed E-state index contributed by atoms with van der Waals surface area (Å²) in [5, 5.41) is 7.44. The second-order valence-electron chi connectivity index (χ2n) is 5.97. The fourth-order valence-corrected chi connectivity index (χ4v) is 1.85. The van der Waals surface area contributed by atoms with Crippen LogP contribution >= 0.6 is 0 Å². The van der Waals surface area contributed by atoms with E-state index < -0.39 is 0 Å². The summed E-state index contributed by atoms with van der Waals surface area (Å²) < 4.78 is 5.64. The highest BCUT2D eigenvalue weighted by Crippen LogP contribution is 2.25. The van der Waals surface area contributed by atoms with E-state index >= 15 is 0 Å². The molecule has 0 saturated carbocycles. The number of nitrogen functional groups attached to an aromatic ring is 1. The van der Waals surface area contributed by atoms with E-state index in [4.69, 9.17) is 15.9 Å². The molecule has 0 amide bonds. The molecule has 110 valence electrons. The molecule has 0 bridgehead atoms. The van der Waals surface area contributed by atoms with Gasteiger partial charge in [0.15, 0.2) is 0 Å². The number of aromatic nitrogens is 2. The van der Waals surface area contributed by atoms with Gasteiger partial charge in [-0.1, -0.05) is 32.9 Å². The minimum Gasteiger partial charge on any atom is -0.424 e. The lowest BCUT2D eigenvalue weighted by atomic mass is 9.87. The number of nitrogens with one attached hydrogen (secondary N) is 1. The monoisotopic (exact) mass is 284 g/mol. The fraction of sp³-hybridized carbons (Fsp3) is 0.312. The normalized spacial score (nSPS) is 11.2. The number of nitrogens with two attached hydrogens (primary N) is 1. The van der Waals surface area contributed by atoms with E-state index in [0.29, 0.717) is 17.1 Å². The zero-order chi connectivity index (χ0) is 15.6. The minimum atomic E-state index is -0.103. The summed E-state index contributed by atoms with van der Waals surface area (Å²) in [6.45, 7) is 8.28. The van der Waals surface area contributed by atoms with Crippen molar-refractivity contribution in [1.29, 1.82) is 5.41 Å². The van der Waals surface area contributed by atoms with Gasteiger partial charge in [-0.3, -0.25) is 5.41 Å². The average molecular weight is 284 g/mol. The van der Waals surface area contributed by atoms with Crippen molar-refractivity contribution in [3.63, 3.8) is 0 Å². The third-order valence-electron chi connectivity index (χ3n) is 3.04. The fourth-order valence-electron chi connectivity index (χ4n) is 1.85. The van der Waals surface area contributed by atoms with Crippen LogP contribution in [0.15, 0.2) is 30.3 Å². The predicted molar refractivity (Wildman–Crippen MR) is 83.0 cm³/mol. The van der Waals surface area contributed by atoms with E-state index in [9.17, 15) is 0 Å². The minimum absolute atomic E-state index is 0.0974. The zero-order valence-electron chi connectivity index (χ0n) is 12.8. The lowest BCUT2D eigenvalue weighted by Crippen LogP contribution is -2.14. The Morgan fingerprint density at radius 3 is 2.29 bits per heavy atom. The van der Waals surface area contributed by atoms with E-state index in [1.807, 2.05) is 31.2 Å². The first-order chi connectivity index (χ1) is 9.75. The Bertz CT molecular complexity index is 657. The van der Waals surface area contributed by atoms with Crippen molar-refractivity contribution in [2.75, 3.05) is 0 Å². The molecule has 2 aromatic rings. The van der Waals surface area contributed by atoms with Crippen LogP contribution in [0.1, 0.15) is 37.7 Å². The van der Waals surface area contributed by atoms with Crippen molar-refractivity contribution < 1.29 is 4.74 Å². The van der Waals surface area contributed by atoms with Gasteiger partial charge in [0.05, 0.1) is 0 Å². The van der Waals surface area contributed by atoms with Gasteiger partial charge in [0.2, 0.25) is 0 Å². The van der Waals surface area contributed by atoms with Gasteiger partial charge in [-0.15, -0.1) is 0 Å². The molecule has 0 spiro atoms. The Labute approximate surface area is 124 Å². The SMILES string of the molecule is Cc1cc(C(=N)N)nc(Oc2ccc(C(C)(C)C)cc2)n1. The summed E-state index contributed by atoms with van der Waals surface area (Å²) in [6, 6.07) is 9.68. The van der Waals surface area contributed by atoms with Gasteiger partial charge >= 0.3 is 6.01 Å². The molecule has 0 aliphatic rings. The summed E-state index contributed by atoms with van der Waals surface area (Å²) >= 11 is 0. The molecule has 0 unspecified atom stereocenters. The van der Waals surface area contributed by atoms with Gasteiger partial charge in [-0.05, 0) is 36.1 Å². The van der Waals surface area contributed by atoms with Gasteiger partial charge in [-0.2, -0.15) is 4.98 Å². The van der Waals surface area contributed by atoms with Crippen molar-refractivity contribution >= 4 is 5.84 Å². The zero-order valence-corrected chi connectivity index (χ0v) is 12.8. The van der Waals surface area contributed by atoms with Crippen LogP contribution in [0, 0.1) is 12.3 Å². The molecule has 5 nitrogen and oxygen atoms in total. The molecular formula is C16H20N4O. The molecule has 5 heteroatoms. The first kappa shape index (κ1) is 15.0. The van der Waals surface area contributed by atoms with Crippen molar-refractivity contribution in [2.24, 2.45) is 5.73 Å². The van der Waals surface area contributed by atoms with Crippen LogP contribution in [0.4, 0.5) is 0 Å². The number of hydrogen-bond acceptors (Lipinski definition) is 4. The quantitative estimate of drug-likeness (QED) is 0.669. The lowest BCUT2D eigenvalue weighted by Gasteiger charge is -2.19. The molecule has 2 rings (SSSR count). The van der Waals surface area contributed by atoms with Crippen LogP contribution in [0.5, 0.6) is 11.8 Å². The first-order valence-electron chi connectivity index (χ1n) is 6.74. The van der Waals surface area contributed by atoms with E-state index in [1.165, 1.54) is 5.56 Å². The predicted octanol–water partition coefficient (Wildman–Crippen LogP) is 3.16. The first-order valence-corrected chi connectivity index (χ1v) is 6.74. The van der Waals surface area contributed by atoms with E-state index in [1.54, 1.807) is 6.07 Å². The number of rotatable bonds is 3. The molecule has 0 aliphatic heterocycles. The molecule has 21 heavy (non-hydrogen) atoms. The Balaban J connectivity index is 2.24. The molecular weight excluding hydrogens is 264 g/mol. The summed E-state index contributed by atoms with van der Waals surface area (Å²) in [5.41, 5.74) is 7.84. The Morgan fingerprint density at radius 1 is 1.14 bits per heavy atom. The van der Waals surface area contributed by atoms with Crippen molar-refractivity contribution in [1.82, 2.24) is 9.97 Å². The highest BCUT2D eigenvalue weighted by atomic mass is 16.5. The standard InChI is InChI=1S/C16H20N4O/c1-10-9-13(14(17)18)20-15(19-10)21-12-7-5-11(6-8-12)16(2,3)4/h5-9H,1-4H3,(H3,17,18). The topological polar surface area (TPSA) is 84.9 Å². The van der Waals surface area contributed by atoms with Crippen LogP contribution in [0.2, 0.25) is 0 Å². The van der Waals surface area contributed by atoms with Crippen LogP contribution in [0.25, 0.3) is 0 Å². The Kier molecular flexibility index (Phi) is 3.93. The Morgan fingerprint density at radius 2 is 1.76 bits per heavy atom. The summed E-state index contributed by atoms with van der Waals surface area (Å²) in [7, 11) is 0. The maximum Gasteiger partial charge on any atom is 0.322 e. The summed E-state index contributed by atoms with van der Waals surface area (Å²) in [6.07, 6.45) is 0. The van der Waals surface area contributed by atoms with Crippen molar-refractivity contribution in [3.05, 3.63) is 47.3 Å². The lowest BCUT2D eigenvalue weighted by molar-refractivity contribution is 0.439. The van der Waals surface area contributed by atoms with Crippen molar-refractivity contribution in [2.45, 2.75) is 33.1 Å². The molecule has 0 saturated heterocycles. The summed E-state index contributed by atoms with van der Waals surface area (Å²) in [5.74, 6) is 0.552. The average Bonchev–Trinajstić information content (AvgIpc) is 2.37. The number of nitrogens with zero attached hydrogens (tertiary/aromatic N) is 2. The molecule has 1 aromatic carbocycles. The molecule has 3 N–H and O–H groups in total. The van der Waals surface area contributed by atoms with Crippen LogP contribution in [-0.4, -0.2) is 15.8 Å². The number of hydrogen-bond donors (Lipinski definition) is 2. The molecule has 0 atom stereocenters. The number of amidine groups is 1. The van der Waals surface area contributed by atoms with Crippen LogP contribution in [-0.2, 0) is 5.41 Å². The molecule has 1 heterocycles. The summed E-state index contributed by atoms with van der Waals surface area (Å²) in [4.78, 5) is 8.31. The number of benzene rings is 1. The second-order valence-corrected chi connectivity index (χ2v) is 5.97. The largest absolute Gasteiger partial charge is 0.424 e. The maximum atomic E-state index is 7.44. The third kappa shape index (κ3) is 3.78. The second kappa shape index (κ2) is 5.52. The van der Waals surface area contributed by atoms with Gasteiger partial charge in [-0.25, -0.2) is 4.98 Å². The van der Waals surface area contributed by atoms with E-state index in [2.05, 4.69) is 30.7 Å². The van der Waals surface area contributed by atoms with Crippen LogP contribution < -0.4 is 10.5 Å². The van der Waals surface area contributed by atoms with Gasteiger partial charge < -0.3 is 10.5 Å². The number of aryl methyl sites for hydroxylation is 1. The highest BCUT2D eigenvalue weighted by molar-refractivity contribution is 5.93. The highest BCUT2D eigenvalue weighted by Gasteiger charge is 2.13. The maximum absolute atomic E-state index is 7.44. The molecule has 0 radical (unpaired) electrons. The molecule has 0 aliphatic carbocycles. The number of ether oxygens (including phenoxy) is 1. The molecule has 1 aromatic heterocycles. The molecule has 0 fully saturated rings.